The lowest BCUT2D eigenvalue weighted by Crippen LogP contribution is -2.23. The van der Waals surface area contributed by atoms with E-state index in [2.05, 4.69) is 10.6 Å². The highest BCUT2D eigenvalue weighted by atomic mass is 19.4. The lowest BCUT2D eigenvalue weighted by molar-refractivity contribution is -0.137. The number of alkyl halides is 3. The summed E-state index contributed by atoms with van der Waals surface area (Å²) in [6.45, 7) is 1.92. The van der Waals surface area contributed by atoms with Gasteiger partial charge in [-0.2, -0.15) is 13.2 Å². The molecule has 7 heteroatoms. The monoisotopic (exact) mass is 350 g/mol. The zero-order chi connectivity index (χ0) is 18.4. The normalized spacial score (nSPS) is 11.0. The molecular formula is C18H17F3N2O2. The lowest BCUT2D eigenvalue weighted by atomic mass is 10.1. The van der Waals surface area contributed by atoms with E-state index < -0.39 is 30.0 Å². The zero-order valence-electron chi connectivity index (χ0n) is 13.5. The summed E-state index contributed by atoms with van der Waals surface area (Å²) < 4.78 is 38.7. The van der Waals surface area contributed by atoms with Crippen molar-refractivity contribution in [1.82, 2.24) is 0 Å². The summed E-state index contributed by atoms with van der Waals surface area (Å²) in [5, 5.41) is 4.74. The number of anilines is 2. The van der Waals surface area contributed by atoms with E-state index in [4.69, 9.17) is 0 Å². The fourth-order valence-corrected chi connectivity index (χ4v) is 2.32. The summed E-state index contributed by atoms with van der Waals surface area (Å²) in [5.41, 5.74) is 0.152. The minimum absolute atomic E-state index is 0.373. The highest BCUT2D eigenvalue weighted by Crippen LogP contribution is 2.34. The average molecular weight is 350 g/mol. The molecule has 2 aromatic rings. The van der Waals surface area contributed by atoms with Crippen molar-refractivity contribution in [3.63, 3.8) is 0 Å². The molecular weight excluding hydrogens is 333 g/mol. The average Bonchev–Trinajstić information content (AvgIpc) is 2.54. The number of hydrogen-bond donors (Lipinski definition) is 2. The number of hydrogen-bond acceptors (Lipinski definition) is 2. The quantitative estimate of drug-likeness (QED) is 0.793. The predicted molar refractivity (Wildman–Crippen MR) is 89.1 cm³/mol. The first-order valence-corrected chi connectivity index (χ1v) is 7.65. The maximum atomic E-state index is 12.9. The van der Waals surface area contributed by atoms with Crippen molar-refractivity contribution in [2.24, 2.45) is 0 Å². The van der Waals surface area contributed by atoms with Gasteiger partial charge in [0.05, 0.1) is 11.3 Å². The molecule has 2 amide bonds. The van der Waals surface area contributed by atoms with Crippen LogP contribution in [0.3, 0.4) is 0 Å². The van der Waals surface area contributed by atoms with Crippen LogP contribution in [0.2, 0.25) is 0 Å². The first-order valence-electron chi connectivity index (χ1n) is 7.65. The van der Waals surface area contributed by atoms with Crippen molar-refractivity contribution in [2.75, 3.05) is 10.6 Å². The maximum absolute atomic E-state index is 12.9. The molecule has 25 heavy (non-hydrogen) atoms. The lowest BCUT2D eigenvalue weighted by Gasteiger charge is -2.14. The molecule has 0 spiro atoms. The number of rotatable bonds is 5. The van der Waals surface area contributed by atoms with Crippen molar-refractivity contribution in [3.05, 3.63) is 59.7 Å². The molecule has 0 saturated carbocycles. The van der Waals surface area contributed by atoms with Gasteiger partial charge in [0.15, 0.2) is 0 Å². The van der Waals surface area contributed by atoms with E-state index in [1.807, 2.05) is 19.1 Å². The van der Waals surface area contributed by atoms with E-state index in [0.717, 1.165) is 17.7 Å². The molecule has 0 heterocycles. The summed E-state index contributed by atoms with van der Waals surface area (Å²) in [7, 11) is 0. The largest absolute Gasteiger partial charge is 0.418 e. The molecule has 2 aromatic carbocycles. The Bertz CT molecular complexity index is 773. The molecule has 0 unspecified atom stereocenters. The van der Waals surface area contributed by atoms with Crippen LogP contribution in [-0.2, 0) is 22.2 Å². The number of amides is 2. The second kappa shape index (κ2) is 7.83. The second-order valence-electron chi connectivity index (χ2n) is 5.33. The van der Waals surface area contributed by atoms with Crippen LogP contribution in [0.25, 0.3) is 0 Å². The van der Waals surface area contributed by atoms with Gasteiger partial charge in [0, 0.05) is 5.69 Å². The third-order valence-electron chi connectivity index (χ3n) is 3.50. The minimum Gasteiger partial charge on any atom is -0.325 e. The number of carbonyl (C=O) groups excluding carboxylic acids is 2. The predicted octanol–water partition coefficient (Wildman–Crippen LogP) is 4.24. The fourth-order valence-electron chi connectivity index (χ4n) is 2.32. The second-order valence-corrected chi connectivity index (χ2v) is 5.33. The van der Waals surface area contributed by atoms with Crippen LogP contribution in [-0.4, -0.2) is 11.8 Å². The van der Waals surface area contributed by atoms with Crippen LogP contribution < -0.4 is 10.6 Å². The van der Waals surface area contributed by atoms with Gasteiger partial charge >= 0.3 is 6.18 Å². The van der Waals surface area contributed by atoms with Gasteiger partial charge in [-0.05, 0) is 30.2 Å². The molecule has 0 saturated heterocycles. The third-order valence-corrected chi connectivity index (χ3v) is 3.50. The molecule has 0 aliphatic carbocycles. The molecule has 132 valence electrons. The van der Waals surface area contributed by atoms with Crippen LogP contribution in [0.1, 0.15) is 24.5 Å². The Labute approximate surface area is 143 Å². The van der Waals surface area contributed by atoms with Gasteiger partial charge in [-0.15, -0.1) is 0 Å². The molecule has 0 aliphatic heterocycles. The summed E-state index contributed by atoms with van der Waals surface area (Å²) in [6.07, 6.45) is -4.47. The van der Waals surface area contributed by atoms with Crippen LogP contribution in [0.5, 0.6) is 0 Å². The van der Waals surface area contributed by atoms with Crippen LogP contribution >= 0.6 is 0 Å². The van der Waals surface area contributed by atoms with E-state index in [1.165, 1.54) is 12.1 Å². The Morgan fingerprint density at radius 1 is 0.880 bits per heavy atom. The SMILES string of the molecule is CCc1ccccc1NC(=O)CC(=O)Nc1ccccc1C(F)(F)F. The van der Waals surface area contributed by atoms with Crippen molar-refractivity contribution >= 4 is 23.2 Å². The summed E-state index contributed by atoms with van der Waals surface area (Å²) in [6, 6.07) is 11.7. The molecule has 0 atom stereocenters. The molecule has 0 radical (unpaired) electrons. The Kier molecular flexibility index (Phi) is 5.80. The van der Waals surface area contributed by atoms with E-state index in [1.54, 1.807) is 12.1 Å². The Morgan fingerprint density at radius 2 is 1.40 bits per heavy atom. The summed E-state index contributed by atoms with van der Waals surface area (Å²) in [5.74, 6) is -1.41. The van der Waals surface area contributed by atoms with Crippen LogP contribution in [0, 0.1) is 0 Å². The smallest absolute Gasteiger partial charge is 0.325 e. The summed E-state index contributed by atoms with van der Waals surface area (Å²) >= 11 is 0. The number of benzene rings is 2. The highest BCUT2D eigenvalue weighted by Gasteiger charge is 2.33. The van der Waals surface area contributed by atoms with E-state index in [0.29, 0.717) is 12.1 Å². The van der Waals surface area contributed by atoms with Gasteiger partial charge < -0.3 is 10.6 Å². The van der Waals surface area contributed by atoms with E-state index in [9.17, 15) is 22.8 Å². The van der Waals surface area contributed by atoms with Crippen molar-refractivity contribution in [2.45, 2.75) is 25.9 Å². The van der Waals surface area contributed by atoms with Crippen molar-refractivity contribution in [1.29, 1.82) is 0 Å². The topological polar surface area (TPSA) is 58.2 Å². The molecule has 0 aromatic heterocycles. The van der Waals surface area contributed by atoms with Crippen LogP contribution in [0.15, 0.2) is 48.5 Å². The van der Waals surface area contributed by atoms with Gasteiger partial charge in [-0.3, -0.25) is 9.59 Å². The highest BCUT2D eigenvalue weighted by molar-refractivity contribution is 6.08. The number of nitrogens with one attached hydrogen (secondary N) is 2. The fraction of sp³-hybridized carbons (Fsp3) is 0.222. The first kappa shape index (κ1) is 18.5. The van der Waals surface area contributed by atoms with Crippen molar-refractivity contribution < 1.29 is 22.8 Å². The number of halogens is 3. The molecule has 0 fully saturated rings. The van der Waals surface area contributed by atoms with Crippen molar-refractivity contribution in [3.8, 4) is 0 Å². The molecule has 0 bridgehead atoms. The number of para-hydroxylation sites is 2. The van der Waals surface area contributed by atoms with E-state index >= 15 is 0 Å². The Hall–Kier alpha value is -2.83. The standard InChI is InChI=1S/C18H17F3N2O2/c1-2-12-7-3-5-9-14(12)22-16(24)11-17(25)23-15-10-6-4-8-13(15)18(19,20)21/h3-10H,2,11H2,1H3,(H,22,24)(H,23,25). The molecule has 2 rings (SSSR count). The number of carbonyl (C=O) groups is 2. The minimum atomic E-state index is -4.59. The van der Waals surface area contributed by atoms with Gasteiger partial charge in [0.2, 0.25) is 11.8 Å². The van der Waals surface area contributed by atoms with Gasteiger partial charge in [-0.25, -0.2) is 0 Å². The number of aryl methyl sites for hydroxylation is 1. The van der Waals surface area contributed by atoms with Gasteiger partial charge in [0.25, 0.3) is 0 Å². The zero-order valence-corrected chi connectivity index (χ0v) is 13.5. The maximum Gasteiger partial charge on any atom is 0.418 e. The Balaban J connectivity index is 2.02. The van der Waals surface area contributed by atoms with Crippen LogP contribution in [0.4, 0.5) is 24.5 Å². The molecule has 0 aliphatic rings. The molecule has 4 nitrogen and oxygen atoms in total. The summed E-state index contributed by atoms with van der Waals surface area (Å²) in [4.78, 5) is 23.9. The molecule has 2 N–H and O–H groups in total. The first-order chi connectivity index (χ1) is 11.8. The van der Waals surface area contributed by atoms with E-state index in [-0.39, 0.29) is 5.69 Å². The van der Waals surface area contributed by atoms with Gasteiger partial charge in [-0.1, -0.05) is 37.3 Å². The third kappa shape index (κ3) is 5.07. The Morgan fingerprint density at radius 3 is 2.00 bits per heavy atom. The van der Waals surface area contributed by atoms with Gasteiger partial charge in [0.1, 0.15) is 6.42 Å².